The van der Waals surface area contributed by atoms with Crippen LogP contribution in [0.2, 0.25) is 0 Å². The van der Waals surface area contributed by atoms with Crippen molar-refractivity contribution < 1.29 is 0 Å². The van der Waals surface area contributed by atoms with Crippen molar-refractivity contribution in [3.8, 4) is 0 Å². The lowest BCUT2D eigenvalue weighted by Crippen LogP contribution is -1.83. The number of hydrogen-bond acceptors (Lipinski definition) is 4. The smallest absolute Gasteiger partial charge is 0.160 e. The molecule has 4 rings (SSSR count). The summed E-state index contributed by atoms with van der Waals surface area (Å²) in [4.78, 5) is 8.99. The molecule has 0 aromatic carbocycles. The number of rotatable bonds is 0. The third-order valence-corrected chi connectivity index (χ3v) is 4.41. The Morgan fingerprint density at radius 3 is 2.81 bits per heavy atom. The maximum Gasteiger partial charge on any atom is 0.160 e. The highest BCUT2D eigenvalue weighted by molar-refractivity contribution is 7.17. The molecule has 0 aliphatic carbocycles. The van der Waals surface area contributed by atoms with Gasteiger partial charge >= 0.3 is 0 Å². The van der Waals surface area contributed by atoms with E-state index < -0.39 is 0 Å². The van der Waals surface area contributed by atoms with E-state index >= 15 is 0 Å². The van der Waals surface area contributed by atoms with Crippen LogP contribution >= 0.6 is 22.7 Å². The van der Waals surface area contributed by atoms with E-state index in [1.54, 1.807) is 22.7 Å². The molecule has 0 N–H and O–H groups in total. The zero-order chi connectivity index (χ0) is 10.5. The summed E-state index contributed by atoms with van der Waals surface area (Å²) >= 11 is 3.45. The van der Waals surface area contributed by atoms with E-state index in [0.717, 1.165) is 16.6 Å². The molecule has 2 nitrogen and oxygen atoms in total. The zero-order valence-corrected chi connectivity index (χ0v) is 9.81. The van der Waals surface area contributed by atoms with Crippen LogP contribution < -0.4 is 0 Å². The van der Waals surface area contributed by atoms with Crippen LogP contribution in [0.4, 0.5) is 0 Å². The molecule has 0 amide bonds. The lowest BCUT2D eigenvalue weighted by Gasteiger charge is -1.98. The standard InChI is InChI=1S/C12H6N2S2/c1-3-16-11-6-13-12-8(7(1)11)5-10-9(14-12)2-4-15-10/h1-6H. The minimum absolute atomic E-state index is 0.844. The number of pyridine rings is 2. The van der Waals surface area contributed by atoms with Crippen molar-refractivity contribution in [3.05, 3.63) is 35.2 Å². The van der Waals surface area contributed by atoms with Crippen LogP contribution in [0.3, 0.4) is 0 Å². The molecule has 0 bridgehead atoms. The summed E-state index contributed by atoms with van der Waals surface area (Å²) in [5, 5.41) is 6.60. The Morgan fingerprint density at radius 2 is 1.81 bits per heavy atom. The van der Waals surface area contributed by atoms with Crippen molar-refractivity contribution in [1.82, 2.24) is 9.97 Å². The van der Waals surface area contributed by atoms with Gasteiger partial charge in [-0.3, -0.25) is 0 Å². The van der Waals surface area contributed by atoms with Crippen molar-refractivity contribution in [2.45, 2.75) is 0 Å². The quantitative estimate of drug-likeness (QED) is 0.464. The number of thiophene rings is 2. The Labute approximate surface area is 99.2 Å². The normalized spacial score (nSPS) is 11.8. The molecule has 0 aliphatic rings. The molecule has 0 aliphatic heterocycles. The fourth-order valence-corrected chi connectivity index (χ4v) is 3.48. The van der Waals surface area contributed by atoms with Crippen LogP contribution in [-0.4, -0.2) is 9.97 Å². The lowest BCUT2D eigenvalue weighted by atomic mass is 10.2. The molecular formula is C12H6N2S2. The average molecular weight is 242 g/mol. The summed E-state index contributed by atoms with van der Waals surface area (Å²) in [5.41, 5.74) is 1.89. The Kier molecular flexibility index (Phi) is 1.61. The number of hydrogen-bond donors (Lipinski definition) is 0. The first-order valence-corrected chi connectivity index (χ1v) is 6.68. The van der Waals surface area contributed by atoms with Gasteiger partial charge in [0.2, 0.25) is 0 Å². The average Bonchev–Trinajstić information content (AvgIpc) is 2.94. The molecule has 4 heteroatoms. The molecule has 0 radical (unpaired) electrons. The van der Waals surface area contributed by atoms with Gasteiger partial charge in [-0.1, -0.05) is 0 Å². The number of aromatic nitrogens is 2. The summed E-state index contributed by atoms with van der Waals surface area (Å²) in [6.07, 6.45) is 1.91. The van der Waals surface area contributed by atoms with Crippen molar-refractivity contribution in [3.63, 3.8) is 0 Å². The third kappa shape index (κ3) is 1.06. The van der Waals surface area contributed by atoms with Crippen LogP contribution in [0, 0.1) is 0 Å². The van der Waals surface area contributed by atoms with Crippen molar-refractivity contribution in [2.24, 2.45) is 0 Å². The monoisotopic (exact) mass is 242 g/mol. The first-order chi connectivity index (χ1) is 7.92. The molecule has 4 aromatic rings. The molecule has 0 saturated carbocycles. The van der Waals surface area contributed by atoms with E-state index in [1.807, 2.05) is 12.3 Å². The number of nitrogens with zero attached hydrogens (tertiary/aromatic N) is 2. The topological polar surface area (TPSA) is 25.8 Å². The maximum absolute atomic E-state index is 4.57. The van der Waals surface area contributed by atoms with Gasteiger partial charge in [0.05, 0.1) is 14.9 Å². The van der Waals surface area contributed by atoms with Crippen molar-refractivity contribution >= 4 is 54.0 Å². The van der Waals surface area contributed by atoms with Crippen LogP contribution in [0.5, 0.6) is 0 Å². The Balaban J connectivity index is 2.33. The van der Waals surface area contributed by atoms with E-state index in [4.69, 9.17) is 0 Å². The zero-order valence-electron chi connectivity index (χ0n) is 8.18. The fraction of sp³-hybridized carbons (Fsp3) is 0. The SMILES string of the molecule is c1cc2nc3ncc4sccc4c3cc2s1. The highest BCUT2D eigenvalue weighted by Gasteiger charge is 2.06. The predicted octanol–water partition coefficient (Wildman–Crippen LogP) is 4.06. The largest absolute Gasteiger partial charge is 0.235 e. The van der Waals surface area contributed by atoms with Crippen molar-refractivity contribution in [2.75, 3.05) is 0 Å². The van der Waals surface area contributed by atoms with Gasteiger partial charge in [-0.2, -0.15) is 0 Å². The third-order valence-electron chi connectivity index (χ3n) is 2.71. The summed E-state index contributed by atoms with van der Waals surface area (Å²) in [6, 6.07) is 6.38. The molecule has 76 valence electrons. The summed E-state index contributed by atoms with van der Waals surface area (Å²) in [7, 11) is 0. The fourth-order valence-electron chi connectivity index (χ4n) is 1.94. The van der Waals surface area contributed by atoms with Crippen LogP contribution in [0.1, 0.15) is 0 Å². The van der Waals surface area contributed by atoms with E-state index in [-0.39, 0.29) is 0 Å². The van der Waals surface area contributed by atoms with Crippen molar-refractivity contribution in [1.29, 1.82) is 0 Å². The second-order valence-electron chi connectivity index (χ2n) is 3.62. The van der Waals surface area contributed by atoms with Gasteiger partial charge in [0.15, 0.2) is 5.65 Å². The maximum atomic E-state index is 4.57. The van der Waals surface area contributed by atoms with E-state index in [9.17, 15) is 0 Å². The molecule has 0 unspecified atom stereocenters. The van der Waals surface area contributed by atoms with E-state index in [2.05, 4.69) is 32.9 Å². The first kappa shape index (κ1) is 8.61. The first-order valence-electron chi connectivity index (χ1n) is 4.92. The van der Waals surface area contributed by atoms with Gasteiger partial charge in [-0.15, -0.1) is 22.7 Å². The van der Waals surface area contributed by atoms with Crippen LogP contribution in [-0.2, 0) is 0 Å². The second-order valence-corrected chi connectivity index (χ2v) is 5.52. The van der Waals surface area contributed by atoms with E-state index in [0.29, 0.717) is 0 Å². The Hall–Kier alpha value is -1.52. The molecule has 0 atom stereocenters. The number of fused-ring (bicyclic) bond motifs is 4. The van der Waals surface area contributed by atoms with Gasteiger partial charge in [0.1, 0.15) is 0 Å². The highest BCUT2D eigenvalue weighted by Crippen LogP contribution is 2.30. The minimum atomic E-state index is 0.844. The second kappa shape index (κ2) is 2.99. The van der Waals surface area contributed by atoms with E-state index in [1.165, 1.54) is 14.8 Å². The summed E-state index contributed by atoms with van der Waals surface area (Å²) < 4.78 is 2.46. The van der Waals surface area contributed by atoms with Gasteiger partial charge in [-0.25, -0.2) is 9.97 Å². The molecule has 0 saturated heterocycles. The molecule has 16 heavy (non-hydrogen) atoms. The molecular weight excluding hydrogens is 236 g/mol. The van der Waals surface area contributed by atoms with Gasteiger partial charge in [0, 0.05) is 17.0 Å². The highest BCUT2D eigenvalue weighted by atomic mass is 32.1. The summed E-state index contributed by atoms with van der Waals surface area (Å²) in [5.74, 6) is 0. The minimum Gasteiger partial charge on any atom is -0.235 e. The van der Waals surface area contributed by atoms with Gasteiger partial charge in [-0.05, 0) is 29.0 Å². The van der Waals surface area contributed by atoms with Crippen LogP contribution in [0.15, 0.2) is 35.2 Å². The molecule has 4 aromatic heterocycles. The molecule has 0 spiro atoms. The van der Waals surface area contributed by atoms with Gasteiger partial charge < -0.3 is 0 Å². The van der Waals surface area contributed by atoms with Crippen LogP contribution in [0.25, 0.3) is 31.3 Å². The Bertz CT molecular complexity index is 813. The molecule has 4 heterocycles. The molecule has 0 fully saturated rings. The Morgan fingerprint density at radius 1 is 0.938 bits per heavy atom. The lowest BCUT2D eigenvalue weighted by molar-refractivity contribution is 1.35. The van der Waals surface area contributed by atoms with Gasteiger partial charge in [0.25, 0.3) is 0 Å². The summed E-state index contributed by atoms with van der Waals surface area (Å²) in [6.45, 7) is 0. The predicted molar refractivity (Wildman–Crippen MR) is 70.3 cm³/mol.